The Morgan fingerprint density at radius 2 is 1.95 bits per heavy atom. The number of carbonyl (C=O) groups is 1. The molecule has 0 fully saturated rings. The Bertz CT molecular complexity index is 599. The predicted molar refractivity (Wildman–Crippen MR) is 80.6 cm³/mol. The number of carbonyl (C=O) groups excluding carboxylic acids is 1. The minimum Gasteiger partial charge on any atom is -0.503 e. The maximum absolute atomic E-state index is 11.8. The number of methoxy groups -OCH3 is 2. The fourth-order valence-electron chi connectivity index (χ4n) is 1.95. The van der Waals surface area contributed by atoms with Gasteiger partial charge < -0.3 is 9.47 Å². The van der Waals surface area contributed by atoms with Crippen LogP contribution in [-0.2, 0) is 20.7 Å². The summed E-state index contributed by atoms with van der Waals surface area (Å²) in [7, 11) is 2.89. The van der Waals surface area contributed by atoms with E-state index in [1.165, 1.54) is 37.4 Å². The van der Waals surface area contributed by atoms with Crippen LogP contribution in [0.25, 0.3) is 5.57 Å². The second kappa shape index (κ2) is 6.91. The van der Waals surface area contributed by atoms with Crippen LogP contribution in [0.5, 0.6) is 0 Å². The molecule has 0 amide bonds. The molecule has 104 valence electrons. The fourth-order valence-corrected chi connectivity index (χ4v) is 2.87. The zero-order valence-electron chi connectivity index (χ0n) is 11.5. The van der Waals surface area contributed by atoms with Crippen LogP contribution < -0.4 is 0 Å². The molecule has 0 aliphatic carbocycles. The first-order valence-corrected chi connectivity index (χ1v) is 7.06. The Kier molecular flexibility index (Phi) is 4.96. The molecular formula is C16H16O3S. The third kappa shape index (κ3) is 3.27. The fraction of sp³-hybridized carbons (Fsp3) is 0.188. The van der Waals surface area contributed by atoms with Gasteiger partial charge in [-0.2, -0.15) is 0 Å². The lowest BCUT2D eigenvalue weighted by molar-refractivity contribution is -0.133. The first-order valence-electron chi connectivity index (χ1n) is 6.18. The molecule has 1 aromatic heterocycles. The molecule has 0 spiro atoms. The molecule has 0 aliphatic rings. The van der Waals surface area contributed by atoms with Crippen LogP contribution in [0.1, 0.15) is 16.0 Å². The SMILES string of the molecule is COC=C(C(=O)OC)c1sccc1Cc1ccccc1. The molecule has 20 heavy (non-hydrogen) atoms. The van der Waals surface area contributed by atoms with Gasteiger partial charge >= 0.3 is 5.97 Å². The van der Waals surface area contributed by atoms with E-state index in [4.69, 9.17) is 9.47 Å². The van der Waals surface area contributed by atoms with Gasteiger partial charge in [0.15, 0.2) is 0 Å². The number of thiophene rings is 1. The van der Waals surface area contributed by atoms with Gasteiger partial charge in [-0.25, -0.2) is 4.79 Å². The molecular weight excluding hydrogens is 272 g/mol. The van der Waals surface area contributed by atoms with E-state index in [-0.39, 0.29) is 5.97 Å². The lowest BCUT2D eigenvalue weighted by Gasteiger charge is -2.07. The lowest BCUT2D eigenvalue weighted by atomic mass is 10.0. The maximum Gasteiger partial charge on any atom is 0.342 e. The van der Waals surface area contributed by atoms with Crippen LogP contribution in [0.3, 0.4) is 0 Å². The normalized spacial score (nSPS) is 11.2. The highest BCUT2D eigenvalue weighted by Crippen LogP contribution is 2.28. The summed E-state index contributed by atoms with van der Waals surface area (Å²) >= 11 is 1.51. The van der Waals surface area contributed by atoms with E-state index in [0.717, 1.165) is 16.9 Å². The van der Waals surface area contributed by atoms with Crippen molar-refractivity contribution < 1.29 is 14.3 Å². The molecule has 0 radical (unpaired) electrons. The highest BCUT2D eigenvalue weighted by atomic mass is 32.1. The molecule has 0 saturated heterocycles. The average molecular weight is 288 g/mol. The number of rotatable bonds is 5. The summed E-state index contributed by atoms with van der Waals surface area (Å²) in [6, 6.07) is 12.2. The van der Waals surface area contributed by atoms with Gasteiger partial charge in [-0.15, -0.1) is 11.3 Å². The van der Waals surface area contributed by atoms with E-state index in [1.807, 2.05) is 29.6 Å². The number of esters is 1. The minimum atomic E-state index is -0.386. The average Bonchev–Trinajstić information content (AvgIpc) is 2.93. The van der Waals surface area contributed by atoms with Gasteiger partial charge in [-0.1, -0.05) is 30.3 Å². The van der Waals surface area contributed by atoms with Gasteiger partial charge in [-0.3, -0.25) is 0 Å². The van der Waals surface area contributed by atoms with Crippen molar-refractivity contribution >= 4 is 22.9 Å². The van der Waals surface area contributed by atoms with Crippen molar-refractivity contribution in [2.45, 2.75) is 6.42 Å². The largest absolute Gasteiger partial charge is 0.503 e. The van der Waals surface area contributed by atoms with Crippen molar-refractivity contribution in [1.29, 1.82) is 0 Å². The van der Waals surface area contributed by atoms with Crippen LogP contribution >= 0.6 is 11.3 Å². The molecule has 0 unspecified atom stereocenters. The van der Waals surface area contributed by atoms with E-state index in [9.17, 15) is 4.79 Å². The third-order valence-electron chi connectivity index (χ3n) is 2.87. The predicted octanol–water partition coefficient (Wildman–Crippen LogP) is 3.50. The summed E-state index contributed by atoms with van der Waals surface area (Å²) in [6.07, 6.45) is 2.21. The summed E-state index contributed by atoms with van der Waals surface area (Å²) < 4.78 is 9.81. The summed E-state index contributed by atoms with van der Waals surface area (Å²) in [5, 5.41) is 1.97. The van der Waals surface area contributed by atoms with Crippen molar-refractivity contribution in [2.75, 3.05) is 14.2 Å². The van der Waals surface area contributed by atoms with Crippen molar-refractivity contribution in [3.63, 3.8) is 0 Å². The second-order valence-electron chi connectivity index (χ2n) is 4.20. The van der Waals surface area contributed by atoms with E-state index in [0.29, 0.717) is 5.57 Å². The van der Waals surface area contributed by atoms with Crippen molar-refractivity contribution in [2.24, 2.45) is 0 Å². The molecule has 0 bridgehead atoms. The van der Waals surface area contributed by atoms with Gasteiger partial charge in [0.25, 0.3) is 0 Å². The van der Waals surface area contributed by atoms with Gasteiger partial charge in [0, 0.05) is 4.88 Å². The quantitative estimate of drug-likeness (QED) is 0.480. The van der Waals surface area contributed by atoms with Crippen LogP contribution in [-0.4, -0.2) is 20.2 Å². The highest BCUT2D eigenvalue weighted by molar-refractivity contribution is 7.11. The Hall–Kier alpha value is -2.07. The molecule has 1 aromatic carbocycles. The number of benzene rings is 1. The third-order valence-corrected chi connectivity index (χ3v) is 3.86. The highest BCUT2D eigenvalue weighted by Gasteiger charge is 2.18. The number of hydrogen-bond donors (Lipinski definition) is 0. The molecule has 4 heteroatoms. The minimum absolute atomic E-state index is 0.386. The molecule has 0 aliphatic heterocycles. The van der Waals surface area contributed by atoms with Gasteiger partial charge in [0.2, 0.25) is 0 Å². The second-order valence-corrected chi connectivity index (χ2v) is 5.11. The standard InChI is InChI=1S/C16H16O3S/c1-18-11-14(16(17)19-2)15-13(8-9-20-15)10-12-6-4-3-5-7-12/h3-9,11H,10H2,1-2H3. The Morgan fingerprint density at radius 3 is 2.60 bits per heavy atom. The summed E-state index contributed by atoms with van der Waals surface area (Å²) in [4.78, 5) is 12.7. The summed E-state index contributed by atoms with van der Waals surface area (Å²) in [5.74, 6) is -0.386. The van der Waals surface area contributed by atoms with Gasteiger partial charge in [-0.05, 0) is 29.0 Å². The van der Waals surface area contributed by atoms with Crippen LogP contribution in [0.2, 0.25) is 0 Å². The zero-order valence-corrected chi connectivity index (χ0v) is 12.3. The van der Waals surface area contributed by atoms with E-state index in [1.54, 1.807) is 0 Å². The van der Waals surface area contributed by atoms with Gasteiger partial charge in [0.05, 0.1) is 20.5 Å². The molecule has 2 aromatic rings. The monoisotopic (exact) mass is 288 g/mol. The van der Waals surface area contributed by atoms with Gasteiger partial charge in [0.1, 0.15) is 5.57 Å². The smallest absolute Gasteiger partial charge is 0.342 e. The molecule has 0 saturated carbocycles. The van der Waals surface area contributed by atoms with E-state index < -0.39 is 0 Å². The van der Waals surface area contributed by atoms with E-state index in [2.05, 4.69) is 12.1 Å². The Balaban J connectivity index is 2.32. The van der Waals surface area contributed by atoms with Crippen LogP contribution in [0, 0.1) is 0 Å². The summed E-state index contributed by atoms with van der Waals surface area (Å²) in [6.45, 7) is 0. The summed E-state index contributed by atoms with van der Waals surface area (Å²) in [5.41, 5.74) is 2.75. The maximum atomic E-state index is 11.8. The Morgan fingerprint density at radius 1 is 1.20 bits per heavy atom. The van der Waals surface area contributed by atoms with Crippen molar-refractivity contribution in [1.82, 2.24) is 0 Å². The molecule has 0 N–H and O–H groups in total. The molecule has 0 atom stereocenters. The number of hydrogen-bond acceptors (Lipinski definition) is 4. The molecule has 3 nitrogen and oxygen atoms in total. The first kappa shape index (κ1) is 14.3. The van der Waals surface area contributed by atoms with Crippen LogP contribution in [0.15, 0.2) is 48.0 Å². The van der Waals surface area contributed by atoms with Crippen molar-refractivity contribution in [3.8, 4) is 0 Å². The first-order chi connectivity index (χ1) is 9.76. The lowest BCUT2D eigenvalue weighted by Crippen LogP contribution is -2.05. The number of ether oxygens (including phenoxy) is 2. The molecule has 2 rings (SSSR count). The molecule has 1 heterocycles. The Labute approximate surface area is 122 Å². The van der Waals surface area contributed by atoms with E-state index >= 15 is 0 Å². The zero-order chi connectivity index (χ0) is 14.4. The van der Waals surface area contributed by atoms with Crippen LogP contribution in [0.4, 0.5) is 0 Å². The van der Waals surface area contributed by atoms with Crippen molar-refractivity contribution in [3.05, 3.63) is 64.0 Å². The topological polar surface area (TPSA) is 35.5 Å².